The predicted molar refractivity (Wildman–Crippen MR) is 130 cm³/mol. The molecule has 1 aromatic carbocycles. The zero-order valence-electron chi connectivity index (χ0n) is 19.7. The molecule has 176 valence electrons. The number of benzene rings is 1. The van der Waals surface area contributed by atoms with Crippen LogP contribution >= 0.6 is 0 Å². The molecule has 2 aromatic heterocycles. The molecule has 0 amide bonds. The maximum atomic E-state index is 9.80. The maximum absolute atomic E-state index is 9.80. The average molecular weight is 458 g/mol. The van der Waals surface area contributed by atoms with Crippen molar-refractivity contribution in [1.29, 1.82) is 5.26 Å². The van der Waals surface area contributed by atoms with Gasteiger partial charge in [-0.25, -0.2) is 0 Å². The fourth-order valence-corrected chi connectivity index (χ4v) is 6.18. The quantitative estimate of drug-likeness (QED) is 0.627. The fourth-order valence-electron chi connectivity index (χ4n) is 6.18. The lowest BCUT2D eigenvalue weighted by Gasteiger charge is -2.27. The van der Waals surface area contributed by atoms with Gasteiger partial charge in [-0.05, 0) is 61.6 Å². The minimum atomic E-state index is 0.360. The Morgan fingerprint density at radius 3 is 2.68 bits per heavy atom. The number of rotatable bonds is 5. The summed E-state index contributed by atoms with van der Waals surface area (Å²) >= 11 is 0. The van der Waals surface area contributed by atoms with Gasteiger partial charge in [-0.2, -0.15) is 10.4 Å². The number of likely N-dealkylation sites (tertiary alicyclic amines) is 1. The zero-order valence-corrected chi connectivity index (χ0v) is 19.7. The van der Waals surface area contributed by atoms with E-state index in [0.717, 1.165) is 60.3 Å². The molecule has 1 aliphatic carbocycles. The number of aromatic nitrogens is 4. The summed E-state index contributed by atoms with van der Waals surface area (Å²) in [5, 5.41) is 27.7. The van der Waals surface area contributed by atoms with Crippen LogP contribution in [0.4, 0.5) is 5.82 Å². The van der Waals surface area contributed by atoms with Crippen molar-refractivity contribution in [3.8, 4) is 17.3 Å². The third-order valence-corrected chi connectivity index (χ3v) is 7.85. The van der Waals surface area contributed by atoms with Crippen LogP contribution < -0.4 is 5.32 Å². The molecule has 8 heteroatoms. The van der Waals surface area contributed by atoms with E-state index in [1.54, 1.807) is 4.68 Å². The Morgan fingerprint density at radius 2 is 1.91 bits per heavy atom. The summed E-state index contributed by atoms with van der Waals surface area (Å²) in [5.74, 6) is 2.88. The summed E-state index contributed by atoms with van der Waals surface area (Å²) in [6.45, 7) is 5.48. The molecule has 1 saturated carbocycles. The van der Waals surface area contributed by atoms with Crippen LogP contribution in [0.3, 0.4) is 0 Å². The van der Waals surface area contributed by atoms with Crippen LogP contribution in [-0.4, -0.2) is 63.8 Å². The number of hydrogen-bond donors (Lipinski definition) is 1. The maximum Gasteiger partial charge on any atom is 0.166 e. The van der Waals surface area contributed by atoms with Gasteiger partial charge in [0, 0.05) is 63.1 Å². The van der Waals surface area contributed by atoms with Gasteiger partial charge in [0.15, 0.2) is 5.82 Å². The van der Waals surface area contributed by atoms with Gasteiger partial charge in [0.25, 0.3) is 0 Å². The van der Waals surface area contributed by atoms with Gasteiger partial charge in [-0.15, -0.1) is 10.2 Å². The number of nitrogens with one attached hydrogen (secondary N) is 1. The van der Waals surface area contributed by atoms with E-state index in [-0.39, 0.29) is 0 Å². The average Bonchev–Trinajstić information content (AvgIpc) is 3.51. The summed E-state index contributed by atoms with van der Waals surface area (Å²) < 4.78 is 7.32. The van der Waals surface area contributed by atoms with E-state index in [2.05, 4.69) is 31.6 Å². The fraction of sp³-hybridized carbons (Fsp3) is 0.538. The third kappa shape index (κ3) is 4.26. The molecular formula is C26H31N7O. The van der Waals surface area contributed by atoms with E-state index in [1.807, 2.05) is 37.5 Å². The van der Waals surface area contributed by atoms with Crippen LogP contribution in [0, 0.1) is 29.1 Å². The largest absolute Gasteiger partial charge is 0.381 e. The molecule has 0 bridgehead atoms. The highest BCUT2D eigenvalue weighted by Crippen LogP contribution is 2.40. The van der Waals surface area contributed by atoms with Gasteiger partial charge >= 0.3 is 0 Å². The van der Waals surface area contributed by atoms with Gasteiger partial charge in [0.2, 0.25) is 0 Å². The van der Waals surface area contributed by atoms with E-state index < -0.39 is 0 Å². The van der Waals surface area contributed by atoms with Gasteiger partial charge in [0.05, 0.1) is 16.8 Å². The lowest BCUT2D eigenvalue weighted by Crippen LogP contribution is -2.32. The summed E-state index contributed by atoms with van der Waals surface area (Å²) in [6, 6.07) is 10.5. The second kappa shape index (κ2) is 8.97. The predicted octanol–water partition coefficient (Wildman–Crippen LogP) is 3.45. The molecule has 3 atom stereocenters. The second-order valence-electron chi connectivity index (χ2n) is 10.3. The Balaban J connectivity index is 1.10. The number of hydrogen-bond acceptors (Lipinski definition) is 7. The van der Waals surface area contributed by atoms with Crippen molar-refractivity contribution in [1.82, 2.24) is 24.9 Å². The van der Waals surface area contributed by atoms with E-state index in [9.17, 15) is 5.26 Å². The van der Waals surface area contributed by atoms with Crippen molar-refractivity contribution in [2.75, 3.05) is 38.2 Å². The van der Waals surface area contributed by atoms with Crippen molar-refractivity contribution >= 4 is 16.7 Å². The van der Waals surface area contributed by atoms with Crippen LogP contribution in [0.25, 0.3) is 22.2 Å². The molecule has 34 heavy (non-hydrogen) atoms. The number of fused-ring (bicyclic) bond motifs is 2. The Hall–Kier alpha value is -3.02. The molecule has 0 radical (unpaired) electrons. The van der Waals surface area contributed by atoms with Gasteiger partial charge in [0.1, 0.15) is 6.07 Å². The van der Waals surface area contributed by atoms with Crippen molar-refractivity contribution < 1.29 is 4.74 Å². The molecule has 1 unspecified atom stereocenters. The van der Waals surface area contributed by atoms with Crippen LogP contribution in [0.2, 0.25) is 0 Å². The monoisotopic (exact) mass is 457 g/mol. The number of nitriles is 1. The summed E-state index contributed by atoms with van der Waals surface area (Å²) in [7, 11) is 1.91. The van der Waals surface area contributed by atoms with Crippen LogP contribution in [0.1, 0.15) is 31.2 Å². The van der Waals surface area contributed by atoms with Crippen LogP contribution in [0.5, 0.6) is 0 Å². The summed E-state index contributed by atoms with van der Waals surface area (Å²) in [6.07, 6.45) is 6.67. The number of aryl methyl sites for hydroxylation is 1. The molecule has 3 aliphatic rings. The third-order valence-electron chi connectivity index (χ3n) is 7.85. The smallest absolute Gasteiger partial charge is 0.166 e. The SMILES string of the molecule is Cn1cc2cc(-c3cc(C#N)c(NC4C[C@@H]5CN(CC6CCOCC6)C[C@@H]5C4)nn3)ccc2n1. The topological polar surface area (TPSA) is 91.9 Å². The number of anilines is 1. The second-order valence-corrected chi connectivity index (χ2v) is 10.3. The van der Waals surface area contributed by atoms with E-state index in [4.69, 9.17) is 4.74 Å². The Labute approximate surface area is 199 Å². The van der Waals surface area contributed by atoms with Crippen molar-refractivity contribution in [2.45, 2.75) is 31.7 Å². The molecule has 8 nitrogen and oxygen atoms in total. The van der Waals surface area contributed by atoms with Crippen molar-refractivity contribution in [3.63, 3.8) is 0 Å². The standard InChI is InChI=1S/C26H31N7O/c1-32-14-22-8-18(2-3-24(22)31-32)25-11-19(12-27)26(30-29-25)28-23-9-20-15-33(16-21(20)10-23)13-17-4-6-34-7-5-17/h2-3,8,11,14,17,20-21,23H,4-7,9-10,13,15-16H2,1H3,(H,28,30)/t20-,21+,23?. The molecule has 0 spiro atoms. The number of ether oxygens (including phenoxy) is 1. The van der Waals surface area contributed by atoms with E-state index in [1.165, 1.54) is 32.5 Å². The highest BCUT2D eigenvalue weighted by atomic mass is 16.5. The molecule has 3 aromatic rings. The first-order chi connectivity index (χ1) is 16.6. The van der Waals surface area contributed by atoms with E-state index >= 15 is 0 Å². The normalized spacial score (nSPS) is 25.5. The highest BCUT2D eigenvalue weighted by molar-refractivity contribution is 5.83. The zero-order chi connectivity index (χ0) is 23.1. The minimum absolute atomic E-state index is 0.360. The molecule has 3 fully saturated rings. The minimum Gasteiger partial charge on any atom is -0.381 e. The van der Waals surface area contributed by atoms with Crippen LogP contribution in [-0.2, 0) is 11.8 Å². The molecular weight excluding hydrogens is 426 g/mol. The summed E-state index contributed by atoms with van der Waals surface area (Å²) in [4.78, 5) is 2.68. The lowest BCUT2D eigenvalue weighted by molar-refractivity contribution is 0.0545. The van der Waals surface area contributed by atoms with Gasteiger partial charge < -0.3 is 15.0 Å². The van der Waals surface area contributed by atoms with E-state index in [0.29, 0.717) is 23.1 Å². The Kier molecular flexibility index (Phi) is 5.67. The lowest BCUT2D eigenvalue weighted by atomic mass is 10.00. The Bertz CT molecular complexity index is 1210. The molecule has 6 rings (SSSR count). The van der Waals surface area contributed by atoms with Crippen molar-refractivity contribution in [3.05, 3.63) is 36.0 Å². The summed E-state index contributed by atoms with van der Waals surface area (Å²) in [5.41, 5.74) is 3.14. The van der Waals surface area contributed by atoms with Gasteiger partial charge in [-0.3, -0.25) is 4.68 Å². The first-order valence-electron chi connectivity index (χ1n) is 12.4. The number of nitrogens with zero attached hydrogens (tertiary/aromatic N) is 6. The van der Waals surface area contributed by atoms with Gasteiger partial charge in [-0.1, -0.05) is 6.07 Å². The highest BCUT2D eigenvalue weighted by Gasteiger charge is 2.41. The molecule has 1 N–H and O–H groups in total. The Morgan fingerprint density at radius 1 is 1.12 bits per heavy atom. The van der Waals surface area contributed by atoms with Crippen molar-refractivity contribution in [2.24, 2.45) is 24.8 Å². The molecule has 2 aliphatic heterocycles. The molecule has 4 heterocycles. The van der Waals surface area contributed by atoms with Crippen LogP contribution in [0.15, 0.2) is 30.5 Å². The first kappa shape index (κ1) is 21.5. The first-order valence-corrected chi connectivity index (χ1v) is 12.4. The molecule has 2 saturated heterocycles.